The highest BCUT2D eigenvalue weighted by atomic mass is 16.5. The molecule has 0 aliphatic carbocycles. The Morgan fingerprint density at radius 1 is 1.08 bits per heavy atom. The molecule has 1 atom stereocenters. The number of ether oxygens (including phenoxy) is 1. The second kappa shape index (κ2) is 6.02. The van der Waals surface area contributed by atoms with E-state index in [1.165, 1.54) is 0 Å². The molecule has 25 heavy (non-hydrogen) atoms. The van der Waals surface area contributed by atoms with Crippen LogP contribution in [0.2, 0.25) is 0 Å². The molecule has 0 spiro atoms. The van der Waals surface area contributed by atoms with E-state index in [2.05, 4.69) is 5.16 Å². The number of aromatic nitrogens is 1. The molecule has 5 heteroatoms. The van der Waals surface area contributed by atoms with Crippen molar-refractivity contribution in [2.24, 2.45) is 0 Å². The zero-order valence-electron chi connectivity index (χ0n) is 14.0. The molecular weight excluding hydrogens is 316 g/mol. The number of hydrogen-bond donors (Lipinski definition) is 1. The summed E-state index contributed by atoms with van der Waals surface area (Å²) in [6.45, 7) is 3.86. The van der Waals surface area contributed by atoms with Crippen molar-refractivity contribution < 1.29 is 14.4 Å². The second-order valence-electron chi connectivity index (χ2n) is 6.02. The van der Waals surface area contributed by atoms with E-state index in [9.17, 15) is 5.11 Å². The van der Waals surface area contributed by atoms with Crippen molar-refractivity contribution in [1.82, 2.24) is 5.16 Å². The molecule has 1 unspecified atom stereocenters. The van der Waals surface area contributed by atoms with Gasteiger partial charge in [0.15, 0.2) is 0 Å². The van der Waals surface area contributed by atoms with Gasteiger partial charge in [-0.3, -0.25) is 4.90 Å². The van der Waals surface area contributed by atoms with Gasteiger partial charge in [0.2, 0.25) is 12.1 Å². The standard InChI is InChI=1S/C20H18N2O3/c1-13-14(2)21-25-19(13)22-10-11-24-20(22)16-8-9-17(18(23)12-16)15-6-4-3-5-7-15/h3-12,20,23H,1-2H3. The number of hydrogen-bond acceptors (Lipinski definition) is 5. The Labute approximate surface area is 145 Å². The Morgan fingerprint density at radius 2 is 1.88 bits per heavy atom. The zero-order valence-corrected chi connectivity index (χ0v) is 14.0. The summed E-state index contributed by atoms with van der Waals surface area (Å²) in [4.78, 5) is 1.87. The zero-order chi connectivity index (χ0) is 17.4. The van der Waals surface area contributed by atoms with Crippen LogP contribution in [-0.4, -0.2) is 10.3 Å². The summed E-state index contributed by atoms with van der Waals surface area (Å²) in [6.07, 6.45) is 3.02. The number of phenolic OH excluding ortho intramolecular Hbond substituents is 1. The molecule has 0 bridgehead atoms. The summed E-state index contributed by atoms with van der Waals surface area (Å²) in [5.74, 6) is 0.854. The van der Waals surface area contributed by atoms with Gasteiger partial charge in [-0.2, -0.15) is 0 Å². The molecule has 0 saturated carbocycles. The van der Waals surface area contributed by atoms with E-state index in [4.69, 9.17) is 9.26 Å². The van der Waals surface area contributed by atoms with Crippen molar-refractivity contribution in [3.05, 3.63) is 77.8 Å². The summed E-state index contributed by atoms with van der Waals surface area (Å²) < 4.78 is 11.2. The molecule has 126 valence electrons. The molecular formula is C20H18N2O3. The van der Waals surface area contributed by atoms with Gasteiger partial charge in [-0.15, -0.1) is 0 Å². The Balaban J connectivity index is 1.68. The van der Waals surface area contributed by atoms with Crippen molar-refractivity contribution in [2.45, 2.75) is 20.1 Å². The van der Waals surface area contributed by atoms with Crippen LogP contribution >= 0.6 is 0 Å². The van der Waals surface area contributed by atoms with Crippen LogP contribution in [-0.2, 0) is 4.74 Å². The first-order chi connectivity index (χ1) is 12.1. The maximum Gasteiger partial charge on any atom is 0.237 e. The Hall–Kier alpha value is -3.21. The van der Waals surface area contributed by atoms with Gasteiger partial charge in [0.1, 0.15) is 12.0 Å². The van der Waals surface area contributed by atoms with Crippen LogP contribution in [0, 0.1) is 13.8 Å². The lowest BCUT2D eigenvalue weighted by Gasteiger charge is -2.22. The van der Waals surface area contributed by atoms with Crippen molar-refractivity contribution in [2.75, 3.05) is 4.90 Å². The Kier molecular flexibility index (Phi) is 3.69. The fraction of sp³-hybridized carbons (Fsp3) is 0.150. The lowest BCUT2D eigenvalue weighted by Crippen LogP contribution is -2.20. The smallest absolute Gasteiger partial charge is 0.237 e. The van der Waals surface area contributed by atoms with Gasteiger partial charge in [-0.25, -0.2) is 0 Å². The highest BCUT2D eigenvalue weighted by molar-refractivity contribution is 5.70. The predicted molar refractivity (Wildman–Crippen MR) is 95.0 cm³/mol. The Bertz CT molecular complexity index is 931. The number of phenols is 1. The van der Waals surface area contributed by atoms with E-state index in [-0.39, 0.29) is 5.75 Å². The van der Waals surface area contributed by atoms with E-state index < -0.39 is 6.23 Å². The number of rotatable bonds is 3. The minimum absolute atomic E-state index is 0.213. The second-order valence-corrected chi connectivity index (χ2v) is 6.02. The van der Waals surface area contributed by atoms with Gasteiger partial charge in [0.25, 0.3) is 0 Å². The van der Waals surface area contributed by atoms with Gasteiger partial charge in [-0.05, 0) is 25.5 Å². The van der Waals surface area contributed by atoms with Crippen LogP contribution in [0.15, 0.2) is 65.5 Å². The summed E-state index contributed by atoms with van der Waals surface area (Å²) in [5.41, 5.74) is 4.39. The molecule has 0 fully saturated rings. The normalized spacial score (nSPS) is 16.2. The fourth-order valence-corrected chi connectivity index (χ4v) is 2.94. The number of benzene rings is 2. The monoisotopic (exact) mass is 334 g/mol. The van der Waals surface area contributed by atoms with E-state index in [1.54, 1.807) is 18.5 Å². The topological polar surface area (TPSA) is 58.7 Å². The number of nitrogens with zero attached hydrogens (tertiary/aromatic N) is 2. The molecule has 4 rings (SSSR count). The lowest BCUT2D eigenvalue weighted by atomic mass is 10.0. The molecule has 0 amide bonds. The Morgan fingerprint density at radius 3 is 2.56 bits per heavy atom. The molecule has 1 N–H and O–H groups in total. The van der Waals surface area contributed by atoms with E-state index in [1.807, 2.05) is 61.2 Å². The molecule has 1 aromatic heterocycles. The van der Waals surface area contributed by atoms with E-state index >= 15 is 0 Å². The highest BCUT2D eigenvalue weighted by Crippen LogP contribution is 2.38. The predicted octanol–water partition coefficient (Wildman–Crippen LogP) is 4.67. The van der Waals surface area contributed by atoms with E-state index in [0.29, 0.717) is 5.88 Å². The van der Waals surface area contributed by atoms with Crippen LogP contribution in [0.25, 0.3) is 11.1 Å². The third-order valence-electron chi connectivity index (χ3n) is 4.44. The summed E-state index contributed by atoms with van der Waals surface area (Å²) >= 11 is 0. The van der Waals surface area contributed by atoms with Crippen LogP contribution in [0.4, 0.5) is 5.88 Å². The average Bonchev–Trinajstić information content (AvgIpc) is 3.23. The molecule has 1 aliphatic rings. The number of aryl methyl sites for hydroxylation is 1. The minimum atomic E-state index is -0.401. The molecule has 5 nitrogen and oxygen atoms in total. The van der Waals surface area contributed by atoms with Crippen molar-refractivity contribution in [3.8, 4) is 16.9 Å². The fourth-order valence-electron chi connectivity index (χ4n) is 2.94. The summed E-state index contributed by atoms with van der Waals surface area (Å²) in [6, 6.07) is 15.4. The number of aromatic hydroxyl groups is 1. The molecule has 2 aromatic carbocycles. The van der Waals surface area contributed by atoms with Gasteiger partial charge >= 0.3 is 0 Å². The molecule has 1 aliphatic heterocycles. The van der Waals surface area contributed by atoms with Crippen LogP contribution in [0.3, 0.4) is 0 Å². The largest absolute Gasteiger partial charge is 0.507 e. The maximum atomic E-state index is 10.5. The summed E-state index contributed by atoms with van der Waals surface area (Å²) in [7, 11) is 0. The van der Waals surface area contributed by atoms with Crippen LogP contribution in [0.1, 0.15) is 23.0 Å². The van der Waals surface area contributed by atoms with E-state index in [0.717, 1.165) is 27.9 Å². The third kappa shape index (κ3) is 2.63. The number of anilines is 1. The van der Waals surface area contributed by atoms with Crippen LogP contribution < -0.4 is 4.90 Å². The quantitative estimate of drug-likeness (QED) is 0.754. The first kappa shape index (κ1) is 15.3. The lowest BCUT2D eigenvalue weighted by molar-refractivity contribution is 0.169. The highest BCUT2D eigenvalue weighted by Gasteiger charge is 2.29. The maximum absolute atomic E-state index is 10.5. The van der Waals surface area contributed by atoms with Gasteiger partial charge in [0, 0.05) is 22.9 Å². The molecule has 0 saturated heterocycles. The molecule has 3 aromatic rings. The van der Waals surface area contributed by atoms with Crippen molar-refractivity contribution in [3.63, 3.8) is 0 Å². The van der Waals surface area contributed by atoms with Gasteiger partial charge in [0.05, 0.1) is 5.69 Å². The van der Waals surface area contributed by atoms with Gasteiger partial charge < -0.3 is 14.4 Å². The van der Waals surface area contributed by atoms with Crippen molar-refractivity contribution >= 4 is 5.88 Å². The van der Waals surface area contributed by atoms with Crippen molar-refractivity contribution in [1.29, 1.82) is 0 Å². The molecule has 0 radical (unpaired) electrons. The SMILES string of the molecule is Cc1noc(N2C=COC2c2ccc(-c3ccccc3)c(O)c2)c1C. The van der Waals surface area contributed by atoms with Gasteiger partial charge in [-0.1, -0.05) is 47.6 Å². The average molecular weight is 334 g/mol. The summed E-state index contributed by atoms with van der Waals surface area (Å²) in [5, 5.41) is 14.5. The third-order valence-corrected chi connectivity index (χ3v) is 4.44. The first-order valence-electron chi connectivity index (χ1n) is 8.07. The van der Waals surface area contributed by atoms with Crippen LogP contribution in [0.5, 0.6) is 5.75 Å². The first-order valence-corrected chi connectivity index (χ1v) is 8.07. The molecule has 2 heterocycles. The minimum Gasteiger partial charge on any atom is -0.507 e.